The minimum absolute atomic E-state index is 0.0462. The van der Waals surface area contributed by atoms with E-state index in [0.29, 0.717) is 0 Å². The van der Waals surface area contributed by atoms with Gasteiger partial charge in [0.15, 0.2) is 0 Å². The number of alkyl halides is 1. The van der Waals surface area contributed by atoms with Gasteiger partial charge >= 0.3 is 12.1 Å². The molecule has 0 aromatic heterocycles. The number of hydrogen-bond donors (Lipinski definition) is 0. The number of ether oxygens (including phenoxy) is 2. The van der Waals surface area contributed by atoms with Crippen molar-refractivity contribution in [2.45, 2.75) is 57.8 Å². The number of carbonyl (C=O) groups excluding carboxylic acids is 2. The third-order valence-corrected chi connectivity index (χ3v) is 3.12. The molecule has 1 amide bonds. The van der Waals surface area contributed by atoms with Crippen LogP contribution in [0.1, 0.15) is 40.5 Å². The van der Waals surface area contributed by atoms with Crippen molar-refractivity contribution < 1.29 is 23.5 Å². The van der Waals surface area contributed by atoms with Crippen LogP contribution in [0.4, 0.5) is 9.18 Å². The van der Waals surface area contributed by atoms with Gasteiger partial charge < -0.3 is 9.47 Å². The van der Waals surface area contributed by atoms with Gasteiger partial charge in [-0.2, -0.15) is 0 Å². The summed E-state index contributed by atoms with van der Waals surface area (Å²) in [6.45, 7) is 6.70. The standard InChI is InChI=1S/C13H22FNO4/c1-6-13(14)7-9(10(16)18-5)15(8-13)11(17)19-12(2,3)4/h9H,6-8H2,1-5H3/t9-,13?/m0/s1. The van der Waals surface area contributed by atoms with Crippen LogP contribution in [0.5, 0.6) is 0 Å². The molecule has 0 radical (unpaired) electrons. The Balaban J connectivity index is 2.89. The van der Waals surface area contributed by atoms with Gasteiger partial charge in [-0.05, 0) is 27.2 Å². The highest BCUT2D eigenvalue weighted by atomic mass is 19.1. The zero-order valence-electron chi connectivity index (χ0n) is 12.2. The summed E-state index contributed by atoms with van der Waals surface area (Å²) in [5.74, 6) is -0.612. The molecule has 0 aromatic carbocycles. The molecule has 1 fully saturated rings. The quantitative estimate of drug-likeness (QED) is 0.725. The number of esters is 1. The number of amides is 1. The summed E-state index contributed by atoms with van der Waals surface area (Å²) in [4.78, 5) is 24.8. The first-order valence-electron chi connectivity index (χ1n) is 6.38. The van der Waals surface area contributed by atoms with Crippen molar-refractivity contribution >= 4 is 12.1 Å². The maximum absolute atomic E-state index is 14.4. The van der Waals surface area contributed by atoms with E-state index >= 15 is 0 Å². The minimum Gasteiger partial charge on any atom is -0.467 e. The Bertz CT molecular complexity index is 366. The number of halogens is 1. The largest absolute Gasteiger partial charge is 0.467 e. The monoisotopic (exact) mass is 275 g/mol. The molecule has 110 valence electrons. The lowest BCUT2D eigenvalue weighted by atomic mass is 9.99. The number of hydrogen-bond acceptors (Lipinski definition) is 4. The molecule has 1 saturated heterocycles. The SMILES string of the molecule is CCC1(F)C[C@@H](C(=O)OC)N(C(=O)OC(C)(C)C)C1. The van der Waals surface area contributed by atoms with E-state index in [1.807, 2.05) is 0 Å². The molecule has 0 saturated carbocycles. The molecule has 0 bridgehead atoms. The second-order valence-corrected chi connectivity index (χ2v) is 5.86. The number of nitrogens with zero attached hydrogens (tertiary/aromatic N) is 1. The average Bonchev–Trinajstić information content (AvgIpc) is 2.65. The van der Waals surface area contributed by atoms with Crippen molar-refractivity contribution in [3.63, 3.8) is 0 Å². The van der Waals surface area contributed by atoms with Crippen LogP contribution in [0.25, 0.3) is 0 Å². The zero-order chi connectivity index (χ0) is 14.8. The fourth-order valence-electron chi connectivity index (χ4n) is 2.05. The molecule has 1 aliphatic rings. The van der Waals surface area contributed by atoms with Gasteiger partial charge in [0.05, 0.1) is 13.7 Å². The summed E-state index contributed by atoms with van der Waals surface area (Å²) < 4.78 is 24.2. The number of methoxy groups -OCH3 is 1. The van der Waals surface area contributed by atoms with Crippen molar-refractivity contribution in [1.29, 1.82) is 0 Å². The Morgan fingerprint density at radius 3 is 2.42 bits per heavy atom. The summed E-state index contributed by atoms with van der Waals surface area (Å²) in [5.41, 5.74) is -2.25. The van der Waals surface area contributed by atoms with Gasteiger partial charge in [-0.1, -0.05) is 6.92 Å². The predicted octanol–water partition coefficient (Wildman–Crippen LogP) is 2.29. The highest BCUT2D eigenvalue weighted by molar-refractivity contribution is 5.82. The number of likely N-dealkylation sites (tertiary alicyclic amines) is 1. The van der Waals surface area contributed by atoms with Crippen LogP contribution in [-0.2, 0) is 14.3 Å². The molecule has 19 heavy (non-hydrogen) atoms. The lowest BCUT2D eigenvalue weighted by Gasteiger charge is -2.27. The van der Waals surface area contributed by atoms with Crippen LogP contribution in [-0.4, -0.2) is 47.9 Å². The molecular weight excluding hydrogens is 253 g/mol. The van der Waals surface area contributed by atoms with E-state index in [1.165, 1.54) is 7.11 Å². The van der Waals surface area contributed by atoms with E-state index in [4.69, 9.17) is 4.74 Å². The van der Waals surface area contributed by atoms with Gasteiger partial charge in [0.2, 0.25) is 0 Å². The highest BCUT2D eigenvalue weighted by Crippen LogP contribution is 2.34. The smallest absolute Gasteiger partial charge is 0.411 e. The van der Waals surface area contributed by atoms with Crippen molar-refractivity contribution in [1.82, 2.24) is 4.90 Å². The predicted molar refractivity (Wildman–Crippen MR) is 67.5 cm³/mol. The normalized spacial score (nSPS) is 27.3. The maximum atomic E-state index is 14.4. The molecule has 0 aromatic rings. The van der Waals surface area contributed by atoms with Gasteiger partial charge in [-0.15, -0.1) is 0 Å². The Morgan fingerprint density at radius 1 is 1.42 bits per heavy atom. The van der Waals surface area contributed by atoms with Crippen molar-refractivity contribution in [2.24, 2.45) is 0 Å². The molecule has 1 aliphatic heterocycles. The number of carbonyl (C=O) groups is 2. The molecule has 0 N–H and O–H groups in total. The molecule has 1 unspecified atom stereocenters. The summed E-state index contributed by atoms with van der Waals surface area (Å²) in [5, 5.41) is 0. The zero-order valence-corrected chi connectivity index (χ0v) is 12.2. The molecule has 6 heteroatoms. The van der Waals surface area contributed by atoms with Crippen LogP contribution < -0.4 is 0 Å². The van der Waals surface area contributed by atoms with Gasteiger partial charge in [0.1, 0.15) is 17.3 Å². The van der Waals surface area contributed by atoms with E-state index in [1.54, 1.807) is 27.7 Å². The molecule has 0 spiro atoms. The second kappa shape index (κ2) is 5.35. The molecule has 0 aliphatic carbocycles. The van der Waals surface area contributed by atoms with Gasteiger partial charge in [-0.3, -0.25) is 4.90 Å². The lowest BCUT2D eigenvalue weighted by Crippen LogP contribution is -2.44. The van der Waals surface area contributed by atoms with Gasteiger partial charge in [0, 0.05) is 6.42 Å². The molecular formula is C13H22FNO4. The summed E-state index contributed by atoms with van der Waals surface area (Å²) in [6, 6.07) is -0.912. The van der Waals surface area contributed by atoms with Crippen molar-refractivity contribution in [3.8, 4) is 0 Å². The van der Waals surface area contributed by atoms with Crippen molar-refractivity contribution in [3.05, 3.63) is 0 Å². The minimum atomic E-state index is -1.56. The van der Waals surface area contributed by atoms with E-state index in [2.05, 4.69) is 4.74 Å². The van der Waals surface area contributed by atoms with Crippen LogP contribution in [0, 0.1) is 0 Å². The summed E-state index contributed by atoms with van der Waals surface area (Å²) >= 11 is 0. The van der Waals surface area contributed by atoms with Crippen LogP contribution in [0.15, 0.2) is 0 Å². The number of rotatable bonds is 2. The highest BCUT2D eigenvalue weighted by Gasteiger charge is 2.50. The third kappa shape index (κ3) is 3.81. The molecule has 2 atom stereocenters. The molecule has 1 heterocycles. The van der Waals surface area contributed by atoms with E-state index in [9.17, 15) is 14.0 Å². The van der Waals surface area contributed by atoms with Crippen LogP contribution in [0.2, 0.25) is 0 Å². The van der Waals surface area contributed by atoms with Gasteiger partial charge in [-0.25, -0.2) is 14.0 Å². The Labute approximate surface area is 113 Å². The second-order valence-electron chi connectivity index (χ2n) is 5.86. The Hall–Kier alpha value is -1.33. The lowest BCUT2D eigenvalue weighted by molar-refractivity contribution is -0.145. The Morgan fingerprint density at radius 2 is 2.00 bits per heavy atom. The first-order chi connectivity index (χ1) is 8.62. The van der Waals surface area contributed by atoms with Crippen LogP contribution >= 0.6 is 0 Å². The molecule has 1 rings (SSSR count). The summed E-state index contributed by atoms with van der Waals surface area (Å²) in [6.07, 6.45) is -0.495. The third-order valence-electron chi connectivity index (χ3n) is 3.12. The van der Waals surface area contributed by atoms with E-state index < -0.39 is 29.4 Å². The van der Waals surface area contributed by atoms with E-state index in [-0.39, 0.29) is 19.4 Å². The maximum Gasteiger partial charge on any atom is 0.411 e. The van der Waals surface area contributed by atoms with E-state index in [0.717, 1.165) is 4.90 Å². The first-order valence-corrected chi connectivity index (χ1v) is 6.38. The van der Waals surface area contributed by atoms with Crippen molar-refractivity contribution in [2.75, 3.05) is 13.7 Å². The molecule has 5 nitrogen and oxygen atoms in total. The van der Waals surface area contributed by atoms with Gasteiger partial charge in [0.25, 0.3) is 0 Å². The fraction of sp³-hybridized carbons (Fsp3) is 0.846. The Kier molecular flexibility index (Phi) is 4.43. The fourth-order valence-corrected chi connectivity index (χ4v) is 2.05. The topological polar surface area (TPSA) is 55.8 Å². The summed E-state index contributed by atoms with van der Waals surface area (Å²) in [7, 11) is 1.22. The van der Waals surface area contributed by atoms with Crippen LogP contribution in [0.3, 0.4) is 0 Å². The first kappa shape index (κ1) is 15.7. The average molecular weight is 275 g/mol.